The minimum absolute atomic E-state index is 0.136. The third kappa shape index (κ3) is 3.63. The molecule has 2 rings (SSSR count). The molecule has 19 heavy (non-hydrogen) atoms. The summed E-state index contributed by atoms with van der Waals surface area (Å²) in [5.74, 6) is 2.23. The van der Waals surface area contributed by atoms with Gasteiger partial charge in [-0.05, 0) is 6.92 Å². The van der Waals surface area contributed by atoms with E-state index in [0.29, 0.717) is 24.5 Å². The quantitative estimate of drug-likeness (QED) is 0.811. The molecule has 0 radical (unpaired) electrons. The Kier molecular flexibility index (Phi) is 5.09. The van der Waals surface area contributed by atoms with Crippen LogP contribution in [0.25, 0.3) is 0 Å². The van der Waals surface area contributed by atoms with Crippen LogP contribution in [0.2, 0.25) is 0 Å². The highest BCUT2D eigenvalue weighted by molar-refractivity contribution is 7.99. The summed E-state index contributed by atoms with van der Waals surface area (Å²) in [5, 5.41) is 6.99. The first-order chi connectivity index (χ1) is 9.22. The van der Waals surface area contributed by atoms with E-state index in [1.807, 2.05) is 18.7 Å². The molecule has 0 bridgehead atoms. The summed E-state index contributed by atoms with van der Waals surface area (Å²) in [7, 11) is 0. The van der Waals surface area contributed by atoms with E-state index in [1.165, 1.54) is 17.7 Å². The molecule has 0 spiro atoms. The molecule has 0 saturated carbocycles. The van der Waals surface area contributed by atoms with Crippen molar-refractivity contribution in [2.45, 2.75) is 13.5 Å². The molecule has 1 aliphatic heterocycles. The van der Waals surface area contributed by atoms with Crippen LogP contribution in [0.5, 0.6) is 0 Å². The number of nitrogens with zero attached hydrogens (tertiary/aromatic N) is 3. The second-order valence-corrected chi connectivity index (χ2v) is 5.70. The third-order valence-electron chi connectivity index (χ3n) is 3.20. The fraction of sp³-hybridized carbons (Fsp3) is 0.667. The summed E-state index contributed by atoms with van der Waals surface area (Å²) in [4.78, 5) is 14.4. The molecular formula is C12H21N5OS. The standard InChI is InChI=1S/C12H21N5OS/c1-2-17-11(10(13)9-15-17)12(18)14-3-4-16-5-7-19-8-6-16/h9H,2-8,13H2,1H3,(H,14,18). The van der Waals surface area contributed by atoms with Gasteiger partial charge in [0.2, 0.25) is 0 Å². The van der Waals surface area contributed by atoms with E-state index in [0.717, 1.165) is 19.6 Å². The Morgan fingerprint density at radius 1 is 1.53 bits per heavy atom. The predicted octanol–water partition coefficient (Wildman–Crippen LogP) is 0.264. The van der Waals surface area contributed by atoms with Gasteiger partial charge >= 0.3 is 0 Å². The number of nitrogen functional groups attached to an aromatic ring is 1. The number of nitrogens with one attached hydrogen (secondary N) is 1. The predicted molar refractivity (Wildman–Crippen MR) is 78.4 cm³/mol. The van der Waals surface area contributed by atoms with E-state index in [-0.39, 0.29) is 5.91 Å². The van der Waals surface area contributed by atoms with Gasteiger partial charge in [-0.15, -0.1) is 0 Å². The van der Waals surface area contributed by atoms with Gasteiger partial charge in [0.15, 0.2) is 0 Å². The molecule has 1 amide bonds. The van der Waals surface area contributed by atoms with Crippen LogP contribution < -0.4 is 11.1 Å². The van der Waals surface area contributed by atoms with Crippen LogP contribution in [-0.4, -0.2) is 58.3 Å². The van der Waals surface area contributed by atoms with Crippen molar-refractivity contribution in [1.82, 2.24) is 20.0 Å². The number of thioether (sulfide) groups is 1. The van der Waals surface area contributed by atoms with Gasteiger partial charge in [-0.3, -0.25) is 14.4 Å². The number of carbonyl (C=O) groups excluding carboxylic acids is 1. The number of nitrogens with two attached hydrogens (primary N) is 1. The topological polar surface area (TPSA) is 76.2 Å². The first kappa shape index (κ1) is 14.2. The van der Waals surface area contributed by atoms with Gasteiger partial charge in [-0.25, -0.2) is 0 Å². The summed E-state index contributed by atoms with van der Waals surface area (Å²) in [5.41, 5.74) is 6.68. The fourth-order valence-corrected chi connectivity index (χ4v) is 3.10. The summed E-state index contributed by atoms with van der Waals surface area (Å²) in [6.07, 6.45) is 1.53. The third-order valence-corrected chi connectivity index (χ3v) is 4.14. The Morgan fingerprint density at radius 3 is 2.95 bits per heavy atom. The normalized spacial score (nSPS) is 16.5. The van der Waals surface area contributed by atoms with Gasteiger partial charge in [0.05, 0.1) is 11.9 Å². The van der Waals surface area contributed by atoms with E-state index in [9.17, 15) is 4.79 Å². The van der Waals surface area contributed by atoms with Crippen molar-refractivity contribution in [3.8, 4) is 0 Å². The SMILES string of the molecule is CCn1ncc(N)c1C(=O)NCCN1CCSCC1. The Hall–Kier alpha value is -1.21. The second-order valence-electron chi connectivity index (χ2n) is 4.47. The fourth-order valence-electron chi connectivity index (χ4n) is 2.12. The van der Waals surface area contributed by atoms with Gasteiger partial charge in [0.1, 0.15) is 5.69 Å². The Morgan fingerprint density at radius 2 is 2.26 bits per heavy atom. The molecule has 0 aromatic carbocycles. The van der Waals surface area contributed by atoms with Gasteiger partial charge in [0.25, 0.3) is 5.91 Å². The Labute approximate surface area is 117 Å². The zero-order valence-electron chi connectivity index (χ0n) is 11.3. The van der Waals surface area contributed by atoms with Gasteiger partial charge in [-0.1, -0.05) is 0 Å². The van der Waals surface area contributed by atoms with E-state index in [1.54, 1.807) is 4.68 Å². The Balaban J connectivity index is 1.82. The Bertz CT molecular complexity index is 428. The maximum absolute atomic E-state index is 12.1. The van der Waals surface area contributed by atoms with Crippen molar-refractivity contribution in [2.24, 2.45) is 0 Å². The zero-order valence-corrected chi connectivity index (χ0v) is 12.1. The van der Waals surface area contributed by atoms with Crippen LogP contribution >= 0.6 is 11.8 Å². The van der Waals surface area contributed by atoms with Crippen LogP contribution in [-0.2, 0) is 6.54 Å². The van der Waals surface area contributed by atoms with Crippen molar-refractivity contribution in [3.05, 3.63) is 11.9 Å². The lowest BCUT2D eigenvalue weighted by Crippen LogP contribution is -2.39. The van der Waals surface area contributed by atoms with Gasteiger partial charge in [0, 0.05) is 44.2 Å². The molecule has 1 aliphatic rings. The highest BCUT2D eigenvalue weighted by atomic mass is 32.2. The van der Waals surface area contributed by atoms with Crippen LogP contribution in [0.4, 0.5) is 5.69 Å². The molecule has 7 heteroatoms. The van der Waals surface area contributed by atoms with Crippen molar-refractivity contribution in [3.63, 3.8) is 0 Å². The maximum atomic E-state index is 12.1. The molecule has 6 nitrogen and oxygen atoms in total. The zero-order chi connectivity index (χ0) is 13.7. The highest BCUT2D eigenvalue weighted by Crippen LogP contribution is 2.10. The van der Waals surface area contributed by atoms with Crippen molar-refractivity contribution >= 4 is 23.4 Å². The summed E-state index contributed by atoms with van der Waals surface area (Å²) in [6.45, 7) is 6.34. The van der Waals surface area contributed by atoms with E-state index >= 15 is 0 Å². The molecule has 106 valence electrons. The average molecular weight is 283 g/mol. The molecule has 1 fully saturated rings. The lowest BCUT2D eigenvalue weighted by Gasteiger charge is -2.26. The molecule has 1 aromatic rings. The molecule has 0 unspecified atom stereocenters. The average Bonchev–Trinajstić information content (AvgIpc) is 2.81. The van der Waals surface area contributed by atoms with Crippen LogP contribution in [0, 0.1) is 0 Å². The number of aryl methyl sites for hydroxylation is 1. The van der Waals surface area contributed by atoms with Crippen LogP contribution in [0.15, 0.2) is 6.20 Å². The minimum atomic E-state index is -0.136. The highest BCUT2D eigenvalue weighted by Gasteiger charge is 2.16. The molecule has 2 heterocycles. The molecule has 1 aromatic heterocycles. The van der Waals surface area contributed by atoms with E-state index in [4.69, 9.17) is 5.73 Å². The number of hydrogen-bond donors (Lipinski definition) is 2. The van der Waals surface area contributed by atoms with Crippen molar-refractivity contribution in [2.75, 3.05) is 43.4 Å². The van der Waals surface area contributed by atoms with Gasteiger partial charge in [-0.2, -0.15) is 16.9 Å². The monoisotopic (exact) mass is 283 g/mol. The van der Waals surface area contributed by atoms with E-state index in [2.05, 4.69) is 15.3 Å². The van der Waals surface area contributed by atoms with Crippen LogP contribution in [0.3, 0.4) is 0 Å². The molecule has 3 N–H and O–H groups in total. The van der Waals surface area contributed by atoms with E-state index < -0.39 is 0 Å². The number of rotatable bonds is 5. The molecule has 0 aliphatic carbocycles. The number of amides is 1. The maximum Gasteiger partial charge on any atom is 0.271 e. The molecule has 1 saturated heterocycles. The second kappa shape index (κ2) is 6.81. The lowest BCUT2D eigenvalue weighted by molar-refractivity contribution is 0.0939. The first-order valence-corrected chi connectivity index (χ1v) is 7.77. The van der Waals surface area contributed by atoms with Crippen molar-refractivity contribution < 1.29 is 4.79 Å². The molecular weight excluding hydrogens is 262 g/mol. The molecule has 0 atom stereocenters. The smallest absolute Gasteiger partial charge is 0.271 e. The summed E-state index contributed by atoms with van der Waals surface area (Å²) < 4.78 is 1.63. The van der Waals surface area contributed by atoms with Crippen LogP contribution in [0.1, 0.15) is 17.4 Å². The largest absolute Gasteiger partial charge is 0.396 e. The minimum Gasteiger partial charge on any atom is -0.396 e. The van der Waals surface area contributed by atoms with Crippen molar-refractivity contribution in [1.29, 1.82) is 0 Å². The lowest BCUT2D eigenvalue weighted by atomic mass is 10.3. The number of anilines is 1. The summed E-state index contributed by atoms with van der Waals surface area (Å²) >= 11 is 1.99. The van der Waals surface area contributed by atoms with Gasteiger partial charge < -0.3 is 11.1 Å². The number of hydrogen-bond acceptors (Lipinski definition) is 5. The number of aromatic nitrogens is 2. The summed E-state index contributed by atoms with van der Waals surface area (Å²) in [6, 6.07) is 0. The number of carbonyl (C=O) groups is 1. The first-order valence-electron chi connectivity index (χ1n) is 6.62.